The lowest BCUT2D eigenvalue weighted by Gasteiger charge is -2.17. The number of esters is 1. The van der Waals surface area contributed by atoms with E-state index in [-0.39, 0.29) is 24.7 Å². The van der Waals surface area contributed by atoms with Crippen LogP contribution in [0.4, 0.5) is 0 Å². The molecule has 1 amide bonds. The molecule has 0 spiro atoms. The molecule has 1 N–H and O–H groups in total. The van der Waals surface area contributed by atoms with Crippen LogP contribution in [0.25, 0.3) is 0 Å². The molecular formula is C24H36ClNO4. The zero-order valence-electron chi connectivity index (χ0n) is 18.4. The molecule has 0 heterocycles. The molecule has 1 aromatic carbocycles. The smallest absolute Gasteiger partial charge is 0.329 e. The molecule has 0 bridgehead atoms. The Kier molecular flexibility index (Phi) is 13.9. The number of amides is 1. The van der Waals surface area contributed by atoms with Crippen LogP contribution in [0.3, 0.4) is 0 Å². The molecule has 0 radical (unpaired) electrons. The Morgan fingerprint density at radius 2 is 1.47 bits per heavy atom. The van der Waals surface area contributed by atoms with Gasteiger partial charge in [0.2, 0.25) is 5.91 Å². The molecule has 0 aliphatic heterocycles. The lowest BCUT2D eigenvalue weighted by Crippen LogP contribution is -2.43. The molecule has 0 aromatic heterocycles. The quantitative estimate of drug-likeness (QED) is 0.199. The SMILES string of the molecule is CCCCCCCCCCCC(=O)N[C@@H](CC(=O)c1ccc(Cl)cc1)C(=O)OCC. The van der Waals surface area contributed by atoms with Gasteiger partial charge in [0.05, 0.1) is 6.61 Å². The van der Waals surface area contributed by atoms with Crippen LogP contribution in [-0.2, 0) is 14.3 Å². The molecule has 0 saturated heterocycles. The van der Waals surface area contributed by atoms with Gasteiger partial charge in [0.25, 0.3) is 0 Å². The molecule has 168 valence electrons. The van der Waals surface area contributed by atoms with Crippen molar-refractivity contribution in [2.75, 3.05) is 6.61 Å². The summed E-state index contributed by atoms with van der Waals surface area (Å²) in [5, 5.41) is 3.21. The Morgan fingerprint density at radius 3 is 2.03 bits per heavy atom. The normalized spacial score (nSPS) is 11.7. The second-order valence-electron chi connectivity index (χ2n) is 7.58. The van der Waals surface area contributed by atoms with Crippen molar-refractivity contribution >= 4 is 29.3 Å². The summed E-state index contributed by atoms with van der Waals surface area (Å²) < 4.78 is 5.03. The van der Waals surface area contributed by atoms with Crippen molar-refractivity contribution in [3.8, 4) is 0 Å². The lowest BCUT2D eigenvalue weighted by atomic mass is 10.0. The summed E-state index contributed by atoms with van der Waals surface area (Å²) in [6, 6.07) is 5.49. The third kappa shape index (κ3) is 11.3. The first kappa shape index (κ1) is 26.2. The van der Waals surface area contributed by atoms with Crippen molar-refractivity contribution in [2.24, 2.45) is 0 Å². The number of ketones is 1. The first-order valence-electron chi connectivity index (χ1n) is 11.2. The number of ether oxygens (including phenoxy) is 1. The summed E-state index contributed by atoms with van der Waals surface area (Å²) in [5.74, 6) is -1.05. The number of rotatable bonds is 16. The van der Waals surface area contributed by atoms with Crippen molar-refractivity contribution in [1.29, 1.82) is 0 Å². The van der Waals surface area contributed by atoms with E-state index in [1.165, 1.54) is 38.5 Å². The van der Waals surface area contributed by atoms with Crippen molar-refractivity contribution < 1.29 is 19.1 Å². The van der Waals surface area contributed by atoms with E-state index in [9.17, 15) is 14.4 Å². The van der Waals surface area contributed by atoms with Crippen LogP contribution in [0.5, 0.6) is 0 Å². The predicted molar refractivity (Wildman–Crippen MR) is 121 cm³/mol. The average molecular weight is 438 g/mol. The fraction of sp³-hybridized carbons (Fsp3) is 0.625. The average Bonchev–Trinajstić information content (AvgIpc) is 2.72. The highest BCUT2D eigenvalue weighted by molar-refractivity contribution is 6.30. The van der Waals surface area contributed by atoms with E-state index in [1.54, 1.807) is 31.2 Å². The molecule has 0 saturated carbocycles. The summed E-state index contributed by atoms with van der Waals surface area (Å²) in [6.45, 7) is 4.10. The lowest BCUT2D eigenvalue weighted by molar-refractivity contribution is -0.147. The van der Waals surface area contributed by atoms with Gasteiger partial charge in [0, 0.05) is 23.4 Å². The van der Waals surface area contributed by atoms with Crippen LogP contribution in [-0.4, -0.2) is 30.3 Å². The van der Waals surface area contributed by atoms with E-state index in [1.807, 2.05) is 0 Å². The second-order valence-corrected chi connectivity index (χ2v) is 8.02. The van der Waals surface area contributed by atoms with Crippen molar-refractivity contribution in [2.45, 2.75) is 90.5 Å². The Hall–Kier alpha value is -1.88. The summed E-state index contributed by atoms with van der Waals surface area (Å²) >= 11 is 5.85. The maximum Gasteiger partial charge on any atom is 0.329 e. The molecule has 1 aromatic rings. The highest BCUT2D eigenvalue weighted by Crippen LogP contribution is 2.13. The predicted octanol–water partition coefficient (Wildman–Crippen LogP) is 5.88. The molecular weight excluding hydrogens is 402 g/mol. The van der Waals surface area contributed by atoms with Gasteiger partial charge in [-0.25, -0.2) is 4.79 Å². The van der Waals surface area contributed by atoms with Crippen LogP contribution in [0.2, 0.25) is 5.02 Å². The van der Waals surface area contributed by atoms with E-state index in [2.05, 4.69) is 12.2 Å². The van der Waals surface area contributed by atoms with E-state index < -0.39 is 12.0 Å². The molecule has 5 nitrogen and oxygen atoms in total. The molecule has 0 fully saturated rings. The number of nitrogens with one attached hydrogen (secondary N) is 1. The number of Topliss-reactive ketones (excluding diaryl/α,β-unsaturated/α-hetero) is 1. The van der Waals surface area contributed by atoms with Gasteiger partial charge in [0.1, 0.15) is 6.04 Å². The van der Waals surface area contributed by atoms with Gasteiger partial charge in [-0.3, -0.25) is 9.59 Å². The minimum absolute atomic E-state index is 0.135. The van der Waals surface area contributed by atoms with Gasteiger partial charge >= 0.3 is 5.97 Å². The number of benzene rings is 1. The molecule has 30 heavy (non-hydrogen) atoms. The maximum atomic E-state index is 12.5. The molecule has 1 rings (SSSR count). The van der Waals surface area contributed by atoms with Crippen molar-refractivity contribution in [3.05, 3.63) is 34.9 Å². The summed E-state index contributed by atoms with van der Waals surface area (Å²) in [7, 11) is 0. The molecule has 0 aliphatic rings. The number of carbonyl (C=O) groups excluding carboxylic acids is 3. The standard InChI is InChI=1S/C24H36ClNO4/c1-3-5-6-7-8-9-10-11-12-13-23(28)26-21(24(29)30-4-2)18-22(27)19-14-16-20(25)17-15-19/h14-17,21H,3-13,18H2,1-2H3,(H,26,28)/t21-/m0/s1. The minimum Gasteiger partial charge on any atom is -0.464 e. The van der Waals surface area contributed by atoms with E-state index in [4.69, 9.17) is 16.3 Å². The van der Waals surface area contributed by atoms with Gasteiger partial charge < -0.3 is 10.1 Å². The van der Waals surface area contributed by atoms with Gasteiger partial charge in [-0.1, -0.05) is 69.9 Å². The van der Waals surface area contributed by atoms with Crippen LogP contribution in [0, 0.1) is 0 Å². The maximum absolute atomic E-state index is 12.5. The second kappa shape index (κ2) is 15.9. The van der Waals surface area contributed by atoms with Crippen molar-refractivity contribution in [1.82, 2.24) is 5.32 Å². The number of halogens is 1. The van der Waals surface area contributed by atoms with Crippen LogP contribution in [0.1, 0.15) is 94.8 Å². The highest BCUT2D eigenvalue weighted by atomic mass is 35.5. The van der Waals surface area contributed by atoms with Crippen LogP contribution in [0.15, 0.2) is 24.3 Å². The Labute approximate surface area is 185 Å². The first-order valence-corrected chi connectivity index (χ1v) is 11.6. The largest absolute Gasteiger partial charge is 0.464 e. The summed E-state index contributed by atoms with van der Waals surface area (Å²) in [6.07, 6.45) is 10.7. The van der Waals surface area contributed by atoms with E-state index in [0.717, 1.165) is 19.3 Å². The van der Waals surface area contributed by atoms with Gasteiger partial charge in [-0.05, 0) is 37.6 Å². The number of unbranched alkanes of at least 4 members (excludes halogenated alkanes) is 8. The van der Waals surface area contributed by atoms with Crippen LogP contribution < -0.4 is 5.32 Å². The first-order chi connectivity index (χ1) is 14.5. The van der Waals surface area contributed by atoms with Gasteiger partial charge in [-0.2, -0.15) is 0 Å². The number of carbonyl (C=O) groups is 3. The van der Waals surface area contributed by atoms with E-state index >= 15 is 0 Å². The number of hydrogen-bond donors (Lipinski definition) is 1. The fourth-order valence-corrected chi connectivity index (χ4v) is 3.36. The fourth-order valence-electron chi connectivity index (χ4n) is 3.24. The molecule has 0 unspecified atom stereocenters. The Bertz CT molecular complexity index is 645. The Balaban J connectivity index is 2.40. The summed E-state index contributed by atoms with van der Waals surface area (Å²) in [5.41, 5.74) is 0.446. The highest BCUT2D eigenvalue weighted by Gasteiger charge is 2.25. The topological polar surface area (TPSA) is 72.5 Å². The summed E-state index contributed by atoms with van der Waals surface area (Å²) in [4.78, 5) is 37.0. The molecule has 1 atom stereocenters. The monoisotopic (exact) mass is 437 g/mol. The minimum atomic E-state index is -0.973. The number of hydrogen-bond acceptors (Lipinski definition) is 4. The van der Waals surface area contributed by atoms with Crippen LogP contribution >= 0.6 is 11.6 Å². The molecule has 6 heteroatoms. The zero-order chi connectivity index (χ0) is 22.2. The van der Waals surface area contributed by atoms with Crippen molar-refractivity contribution in [3.63, 3.8) is 0 Å². The Morgan fingerprint density at radius 1 is 0.900 bits per heavy atom. The van der Waals surface area contributed by atoms with Gasteiger partial charge in [-0.15, -0.1) is 0 Å². The van der Waals surface area contributed by atoms with E-state index in [0.29, 0.717) is 17.0 Å². The third-order valence-corrected chi connectivity index (χ3v) is 5.22. The zero-order valence-corrected chi connectivity index (χ0v) is 19.1. The third-order valence-electron chi connectivity index (χ3n) is 4.97. The molecule has 0 aliphatic carbocycles. The van der Waals surface area contributed by atoms with Gasteiger partial charge in [0.15, 0.2) is 5.78 Å².